The molecule has 2 amide bonds. The van der Waals surface area contributed by atoms with Crippen molar-refractivity contribution in [2.75, 3.05) is 6.61 Å². The summed E-state index contributed by atoms with van der Waals surface area (Å²) in [7, 11) is 0. The number of hydrazine groups is 1. The second-order valence-corrected chi connectivity index (χ2v) is 6.17. The number of amides is 2. The van der Waals surface area contributed by atoms with E-state index in [0.717, 1.165) is 16.7 Å². The highest BCUT2D eigenvalue weighted by atomic mass is 16.5. The van der Waals surface area contributed by atoms with E-state index >= 15 is 0 Å². The molecule has 0 aliphatic carbocycles. The van der Waals surface area contributed by atoms with Gasteiger partial charge in [0.05, 0.1) is 0 Å². The molecule has 25 heavy (non-hydrogen) atoms. The number of carbonyl (C=O) groups is 2. The predicted octanol–water partition coefficient (Wildman–Crippen LogP) is 3.02. The van der Waals surface area contributed by atoms with Crippen molar-refractivity contribution in [3.8, 4) is 5.75 Å². The zero-order valence-corrected chi connectivity index (χ0v) is 14.8. The lowest BCUT2D eigenvalue weighted by molar-refractivity contribution is -0.130. The smallest absolute Gasteiger partial charge is 0.276 e. The van der Waals surface area contributed by atoms with Crippen LogP contribution in [0.1, 0.15) is 36.0 Å². The third kappa shape index (κ3) is 5.95. The fraction of sp³-hybridized carbons (Fsp3) is 0.300. The van der Waals surface area contributed by atoms with Gasteiger partial charge in [0.15, 0.2) is 6.61 Å². The van der Waals surface area contributed by atoms with Crippen LogP contribution in [0.15, 0.2) is 48.5 Å². The highest BCUT2D eigenvalue weighted by molar-refractivity contribution is 5.83. The highest BCUT2D eigenvalue weighted by Crippen LogP contribution is 2.19. The summed E-state index contributed by atoms with van der Waals surface area (Å²) in [5.41, 5.74) is 7.91. The first-order chi connectivity index (χ1) is 12.0. The molecule has 0 saturated carbocycles. The van der Waals surface area contributed by atoms with E-state index < -0.39 is 5.91 Å². The second-order valence-electron chi connectivity index (χ2n) is 6.17. The summed E-state index contributed by atoms with van der Waals surface area (Å²) in [6, 6.07) is 15.6. The first-order valence-corrected chi connectivity index (χ1v) is 8.28. The number of ether oxygens (including phenoxy) is 1. The standard InChI is InChI=1S/C20H24N2O3/c1-14-9-10-15(2)18(11-14)25-13-20(24)22-21-19(23)12-16(3)17-7-5-4-6-8-17/h4-11,16H,12-13H2,1-3H3,(H,21,23)(H,22,24)/t16-/m0/s1. The van der Waals surface area contributed by atoms with Gasteiger partial charge in [0, 0.05) is 6.42 Å². The van der Waals surface area contributed by atoms with E-state index in [4.69, 9.17) is 4.74 Å². The van der Waals surface area contributed by atoms with Crippen molar-refractivity contribution in [3.05, 3.63) is 65.2 Å². The molecule has 2 aromatic carbocycles. The SMILES string of the molecule is Cc1ccc(C)c(OCC(=O)NNC(=O)C[C@H](C)c2ccccc2)c1. The number of hydrogen-bond acceptors (Lipinski definition) is 3. The van der Waals surface area contributed by atoms with E-state index in [2.05, 4.69) is 10.9 Å². The average Bonchev–Trinajstić information content (AvgIpc) is 2.61. The molecule has 0 aliphatic heterocycles. The monoisotopic (exact) mass is 340 g/mol. The summed E-state index contributed by atoms with van der Waals surface area (Å²) in [5, 5.41) is 0. The number of hydrogen-bond donors (Lipinski definition) is 2. The molecule has 0 aliphatic rings. The van der Waals surface area contributed by atoms with Gasteiger partial charge in [0.25, 0.3) is 5.91 Å². The molecule has 2 aromatic rings. The molecule has 132 valence electrons. The Morgan fingerprint density at radius 3 is 2.40 bits per heavy atom. The first kappa shape index (κ1) is 18.5. The second kappa shape index (κ2) is 8.87. The number of carbonyl (C=O) groups excluding carboxylic acids is 2. The van der Waals surface area contributed by atoms with E-state index in [0.29, 0.717) is 12.2 Å². The van der Waals surface area contributed by atoms with Gasteiger partial charge in [-0.1, -0.05) is 49.4 Å². The van der Waals surface area contributed by atoms with E-state index in [1.807, 2.05) is 69.3 Å². The van der Waals surface area contributed by atoms with Crippen LogP contribution in [0, 0.1) is 13.8 Å². The van der Waals surface area contributed by atoms with Crippen LogP contribution in [0.5, 0.6) is 5.75 Å². The van der Waals surface area contributed by atoms with Crippen molar-refractivity contribution in [3.63, 3.8) is 0 Å². The van der Waals surface area contributed by atoms with Gasteiger partial charge in [-0.05, 0) is 42.5 Å². The van der Waals surface area contributed by atoms with Gasteiger partial charge in [-0.2, -0.15) is 0 Å². The summed E-state index contributed by atoms with van der Waals surface area (Å²) in [5.74, 6) is 0.0986. The molecular weight excluding hydrogens is 316 g/mol. The molecule has 0 unspecified atom stereocenters. The average molecular weight is 340 g/mol. The molecule has 0 spiro atoms. The zero-order valence-electron chi connectivity index (χ0n) is 14.8. The van der Waals surface area contributed by atoms with Gasteiger partial charge in [-0.25, -0.2) is 0 Å². The lowest BCUT2D eigenvalue weighted by Gasteiger charge is -2.13. The van der Waals surface area contributed by atoms with Crippen LogP contribution in [0.3, 0.4) is 0 Å². The molecule has 0 heterocycles. The third-order valence-electron chi connectivity index (χ3n) is 3.90. The van der Waals surface area contributed by atoms with Crippen molar-refractivity contribution >= 4 is 11.8 Å². The van der Waals surface area contributed by atoms with Crippen molar-refractivity contribution in [1.29, 1.82) is 0 Å². The number of nitrogens with one attached hydrogen (secondary N) is 2. The minimum Gasteiger partial charge on any atom is -0.483 e. The molecule has 2 rings (SSSR count). The largest absolute Gasteiger partial charge is 0.483 e. The Labute approximate surface area is 148 Å². The lowest BCUT2D eigenvalue weighted by Crippen LogP contribution is -2.44. The quantitative estimate of drug-likeness (QED) is 0.794. The molecule has 2 N–H and O–H groups in total. The Hall–Kier alpha value is -2.82. The van der Waals surface area contributed by atoms with Crippen molar-refractivity contribution < 1.29 is 14.3 Å². The van der Waals surface area contributed by atoms with Gasteiger partial charge in [0.2, 0.25) is 5.91 Å². The van der Waals surface area contributed by atoms with E-state index in [1.54, 1.807) is 0 Å². The van der Waals surface area contributed by atoms with Crippen LogP contribution in [0.2, 0.25) is 0 Å². The molecule has 5 heteroatoms. The summed E-state index contributed by atoms with van der Waals surface area (Å²) in [6.07, 6.45) is 0.294. The number of benzene rings is 2. The van der Waals surface area contributed by atoms with Crippen molar-refractivity contribution in [2.24, 2.45) is 0 Å². The Kier molecular flexibility index (Phi) is 6.57. The van der Waals surface area contributed by atoms with Crippen molar-refractivity contribution in [1.82, 2.24) is 10.9 Å². The molecule has 0 aromatic heterocycles. The normalized spacial score (nSPS) is 11.5. The predicted molar refractivity (Wildman–Crippen MR) is 97.2 cm³/mol. The molecule has 0 fully saturated rings. The molecule has 0 bridgehead atoms. The zero-order chi connectivity index (χ0) is 18.2. The molecule has 1 atom stereocenters. The maximum absolute atomic E-state index is 11.9. The molecule has 5 nitrogen and oxygen atoms in total. The first-order valence-electron chi connectivity index (χ1n) is 8.28. The van der Waals surface area contributed by atoms with Crippen LogP contribution in [0.25, 0.3) is 0 Å². The summed E-state index contributed by atoms with van der Waals surface area (Å²) in [6.45, 7) is 5.69. The van der Waals surface area contributed by atoms with Crippen LogP contribution in [-0.4, -0.2) is 18.4 Å². The van der Waals surface area contributed by atoms with Crippen LogP contribution in [-0.2, 0) is 9.59 Å². The summed E-state index contributed by atoms with van der Waals surface area (Å²) < 4.78 is 5.50. The summed E-state index contributed by atoms with van der Waals surface area (Å²) in [4.78, 5) is 23.8. The fourth-order valence-electron chi connectivity index (χ4n) is 2.41. The highest BCUT2D eigenvalue weighted by Gasteiger charge is 2.12. The maximum atomic E-state index is 11.9. The van der Waals surface area contributed by atoms with Crippen LogP contribution < -0.4 is 15.6 Å². The van der Waals surface area contributed by atoms with Crippen molar-refractivity contribution in [2.45, 2.75) is 33.1 Å². The Bertz CT molecular complexity index is 729. The Morgan fingerprint density at radius 1 is 1.00 bits per heavy atom. The Balaban J connectivity index is 1.74. The van der Waals surface area contributed by atoms with Gasteiger partial charge in [-0.15, -0.1) is 0 Å². The topological polar surface area (TPSA) is 67.4 Å². The number of aryl methyl sites for hydroxylation is 2. The van der Waals surface area contributed by atoms with Gasteiger partial charge < -0.3 is 4.74 Å². The van der Waals surface area contributed by atoms with Crippen LogP contribution in [0.4, 0.5) is 0 Å². The van der Waals surface area contributed by atoms with Gasteiger partial charge in [0.1, 0.15) is 5.75 Å². The fourth-order valence-corrected chi connectivity index (χ4v) is 2.41. The third-order valence-corrected chi connectivity index (χ3v) is 3.90. The lowest BCUT2D eigenvalue weighted by atomic mass is 9.98. The number of rotatable bonds is 6. The molecule has 0 saturated heterocycles. The molecule has 0 radical (unpaired) electrons. The van der Waals surface area contributed by atoms with E-state index in [-0.39, 0.29) is 18.4 Å². The minimum absolute atomic E-state index is 0.0734. The molecular formula is C20H24N2O3. The van der Waals surface area contributed by atoms with Gasteiger partial charge in [-0.3, -0.25) is 20.4 Å². The van der Waals surface area contributed by atoms with E-state index in [1.165, 1.54) is 0 Å². The Morgan fingerprint density at radius 2 is 1.68 bits per heavy atom. The van der Waals surface area contributed by atoms with E-state index in [9.17, 15) is 9.59 Å². The minimum atomic E-state index is -0.401. The van der Waals surface area contributed by atoms with Crippen LogP contribution >= 0.6 is 0 Å². The maximum Gasteiger partial charge on any atom is 0.276 e. The summed E-state index contributed by atoms with van der Waals surface area (Å²) >= 11 is 0. The van der Waals surface area contributed by atoms with Gasteiger partial charge >= 0.3 is 0 Å².